The van der Waals surface area contributed by atoms with Gasteiger partial charge in [-0.15, -0.1) is 6.42 Å². The fourth-order valence-corrected chi connectivity index (χ4v) is 3.28. The summed E-state index contributed by atoms with van der Waals surface area (Å²) < 4.78 is 0. The van der Waals surface area contributed by atoms with Crippen molar-refractivity contribution in [3.8, 4) is 12.3 Å². The summed E-state index contributed by atoms with van der Waals surface area (Å²) in [6, 6.07) is 10.0. The number of rotatable bonds is 3. The molecule has 3 heteroatoms. The van der Waals surface area contributed by atoms with Crippen LogP contribution in [0.2, 0.25) is 0 Å². The van der Waals surface area contributed by atoms with E-state index in [-0.39, 0.29) is 11.9 Å². The second-order valence-corrected chi connectivity index (χ2v) is 5.81. The van der Waals surface area contributed by atoms with E-state index in [0.29, 0.717) is 12.2 Å². The maximum atomic E-state index is 13.0. The van der Waals surface area contributed by atoms with Crippen LogP contribution < -0.4 is 0 Å². The summed E-state index contributed by atoms with van der Waals surface area (Å²) in [5, 5.41) is 1.93. The molecule has 3 rings (SSSR count). The number of hydrogen-bond donors (Lipinski definition) is 0. The third-order valence-corrected chi connectivity index (χ3v) is 4.41. The molecule has 112 valence electrons. The zero-order valence-electron chi connectivity index (χ0n) is 12.7. The molecule has 0 N–H and O–H groups in total. The summed E-state index contributed by atoms with van der Waals surface area (Å²) in [6.07, 6.45) is 12.9. The van der Waals surface area contributed by atoms with Crippen molar-refractivity contribution in [2.45, 2.75) is 38.1 Å². The van der Waals surface area contributed by atoms with Gasteiger partial charge in [0, 0.05) is 17.6 Å². The molecule has 1 heterocycles. The van der Waals surface area contributed by atoms with Crippen LogP contribution >= 0.6 is 0 Å². The summed E-state index contributed by atoms with van der Waals surface area (Å²) in [6.45, 7) is 0.356. The van der Waals surface area contributed by atoms with Gasteiger partial charge < -0.3 is 4.90 Å². The van der Waals surface area contributed by atoms with E-state index < -0.39 is 0 Å². The topological polar surface area (TPSA) is 33.2 Å². The smallest absolute Gasteiger partial charge is 0.274 e. The first-order valence-electron chi connectivity index (χ1n) is 7.89. The van der Waals surface area contributed by atoms with E-state index in [1.807, 2.05) is 35.2 Å². The molecule has 1 aliphatic carbocycles. The molecule has 0 aliphatic heterocycles. The Morgan fingerprint density at radius 3 is 2.77 bits per heavy atom. The first kappa shape index (κ1) is 14.6. The van der Waals surface area contributed by atoms with E-state index in [1.165, 1.54) is 19.3 Å². The van der Waals surface area contributed by atoms with Crippen LogP contribution in [0, 0.1) is 12.3 Å². The van der Waals surface area contributed by atoms with Crippen molar-refractivity contribution in [1.82, 2.24) is 9.88 Å². The quantitative estimate of drug-likeness (QED) is 0.809. The SMILES string of the molecule is C#CCN(C(=O)c1nccc2ccccc12)C1CCCCC1. The van der Waals surface area contributed by atoms with E-state index in [0.717, 1.165) is 23.6 Å². The number of aromatic nitrogens is 1. The van der Waals surface area contributed by atoms with E-state index in [2.05, 4.69) is 10.9 Å². The Hall–Kier alpha value is -2.34. The lowest BCUT2D eigenvalue weighted by Crippen LogP contribution is -2.42. The van der Waals surface area contributed by atoms with Gasteiger partial charge in [-0.05, 0) is 24.3 Å². The Balaban J connectivity index is 1.96. The van der Waals surface area contributed by atoms with Crippen LogP contribution in [0.15, 0.2) is 36.5 Å². The lowest BCUT2D eigenvalue weighted by Gasteiger charge is -2.33. The molecule has 1 fully saturated rings. The van der Waals surface area contributed by atoms with Crippen molar-refractivity contribution in [2.24, 2.45) is 0 Å². The van der Waals surface area contributed by atoms with Gasteiger partial charge in [0.05, 0.1) is 6.54 Å². The van der Waals surface area contributed by atoms with E-state index in [4.69, 9.17) is 6.42 Å². The van der Waals surface area contributed by atoms with Crippen molar-refractivity contribution >= 4 is 16.7 Å². The van der Waals surface area contributed by atoms with Gasteiger partial charge in [0.15, 0.2) is 0 Å². The van der Waals surface area contributed by atoms with Gasteiger partial charge in [-0.2, -0.15) is 0 Å². The molecule has 3 nitrogen and oxygen atoms in total. The Bertz CT molecular complexity index is 705. The van der Waals surface area contributed by atoms with Gasteiger partial charge in [-0.25, -0.2) is 0 Å². The number of hydrogen-bond acceptors (Lipinski definition) is 2. The van der Waals surface area contributed by atoms with Crippen LogP contribution in [-0.4, -0.2) is 28.4 Å². The molecule has 0 unspecified atom stereocenters. The Morgan fingerprint density at radius 1 is 1.23 bits per heavy atom. The number of carbonyl (C=O) groups is 1. The molecule has 0 atom stereocenters. The van der Waals surface area contributed by atoms with Gasteiger partial charge in [0.1, 0.15) is 5.69 Å². The average Bonchev–Trinajstić information content (AvgIpc) is 2.59. The first-order chi connectivity index (χ1) is 10.8. The molecule has 1 saturated carbocycles. The van der Waals surface area contributed by atoms with Crippen molar-refractivity contribution in [2.75, 3.05) is 6.54 Å². The molecule has 22 heavy (non-hydrogen) atoms. The molecule has 2 aromatic rings. The van der Waals surface area contributed by atoms with Crippen molar-refractivity contribution in [3.05, 3.63) is 42.2 Å². The number of benzene rings is 1. The van der Waals surface area contributed by atoms with Gasteiger partial charge in [-0.3, -0.25) is 9.78 Å². The number of terminal acetylenes is 1. The summed E-state index contributed by atoms with van der Waals surface area (Å²) in [5.41, 5.74) is 0.513. The molecule has 1 aromatic carbocycles. The maximum absolute atomic E-state index is 13.0. The number of fused-ring (bicyclic) bond motifs is 1. The standard InChI is InChI=1S/C19H20N2O/c1-2-14-21(16-9-4-3-5-10-16)19(22)18-17-11-7-6-8-15(17)12-13-20-18/h1,6-8,11-13,16H,3-5,9-10,14H2. The second-order valence-electron chi connectivity index (χ2n) is 5.81. The van der Waals surface area contributed by atoms with Gasteiger partial charge in [0.2, 0.25) is 0 Å². The molecular weight excluding hydrogens is 272 g/mol. The highest BCUT2D eigenvalue weighted by molar-refractivity contribution is 6.05. The van der Waals surface area contributed by atoms with Crippen LogP contribution in [0.1, 0.15) is 42.6 Å². The van der Waals surface area contributed by atoms with E-state index >= 15 is 0 Å². The number of nitrogens with zero attached hydrogens (tertiary/aromatic N) is 2. The molecule has 1 amide bonds. The van der Waals surface area contributed by atoms with Crippen LogP contribution in [0.4, 0.5) is 0 Å². The third kappa shape index (κ3) is 2.82. The number of amides is 1. The molecular formula is C19H20N2O. The minimum absolute atomic E-state index is 0.0401. The van der Waals surface area contributed by atoms with Gasteiger partial charge in [0.25, 0.3) is 5.91 Å². The lowest BCUT2D eigenvalue weighted by molar-refractivity contribution is 0.0664. The highest BCUT2D eigenvalue weighted by atomic mass is 16.2. The molecule has 0 radical (unpaired) electrons. The Labute approximate surface area is 131 Å². The summed E-state index contributed by atoms with van der Waals surface area (Å²) in [4.78, 5) is 19.2. The predicted molar refractivity (Wildman–Crippen MR) is 88.5 cm³/mol. The highest BCUT2D eigenvalue weighted by Crippen LogP contribution is 2.25. The minimum atomic E-state index is -0.0401. The largest absolute Gasteiger partial charge is 0.323 e. The fraction of sp³-hybridized carbons (Fsp3) is 0.368. The maximum Gasteiger partial charge on any atom is 0.274 e. The van der Waals surface area contributed by atoms with Gasteiger partial charge >= 0.3 is 0 Å². The number of pyridine rings is 1. The number of carbonyl (C=O) groups excluding carboxylic acids is 1. The third-order valence-electron chi connectivity index (χ3n) is 4.41. The van der Waals surface area contributed by atoms with E-state index in [1.54, 1.807) is 6.20 Å². The summed E-state index contributed by atoms with van der Waals surface area (Å²) >= 11 is 0. The van der Waals surface area contributed by atoms with Crippen LogP contribution in [0.3, 0.4) is 0 Å². The van der Waals surface area contributed by atoms with Crippen LogP contribution in [0.25, 0.3) is 10.8 Å². The summed E-state index contributed by atoms with van der Waals surface area (Å²) in [7, 11) is 0. The Kier molecular flexibility index (Phi) is 4.39. The monoisotopic (exact) mass is 292 g/mol. The van der Waals surface area contributed by atoms with Crippen molar-refractivity contribution < 1.29 is 4.79 Å². The average molecular weight is 292 g/mol. The highest BCUT2D eigenvalue weighted by Gasteiger charge is 2.27. The summed E-state index contributed by atoms with van der Waals surface area (Å²) in [5.74, 6) is 2.60. The van der Waals surface area contributed by atoms with E-state index in [9.17, 15) is 4.79 Å². The first-order valence-corrected chi connectivity index (χ1v) is 7.89. The van der Waals surface area contributed by atoms with Crippen molar-refractivity contribution in [3.63, 3.8) is 0 Å². The van der Waals surface area contributed by atoms with Gasteiger partial charge in [-0.1, -0.05) is 49.4 Å². The zero-order chi connectivity index (χ0) is 15.4. The van der Waals surface area contributed by atoms with Crippen molar-refractivity contribution in [1.29, 1.82) is 0 Å². The minimum Gasteiger partial charge on any atom is -0.323 e. The lowest BCUT2D eigenvalue weighted by atomic mass is 9.93. The second kappa shape index (κ2) is 6.62. The Morgan fingerprint density at radius 2 is 2.00 bits per heavy atom. The van der Waals surface area contributed by atoms with Crippen LogP contribution in [-0.2, 0) is 0 Å². The zero-order valence-corrected chi connectivity index (χ0v) is 12.7. The fourth-order valence-electron chi connectivity index (χ4n) is 3.28. The molecule has 0 bridgehead atoms. The molecule has 0 saturated heterocycles. The normalized spacial score (nSPS) is 15.4. The molecule has 1 aliphatic rings. The molecule has 0 spiro atoms. The molecule has 1 aromatic heterocycles. The predicted octanol–water partition coefficient (Wildman–Crippen LogP) is 3.64. The van der Waals surface area contributed by atoms with Crippen LogP contribution in [0.5, 0.6) is 0 Å².